The van der Waals surface area contributed by atoms with Crippen molar-refractivity contribution in [3.8, 4) is 0 Å². The molecule has 2 aromatic rings. The number of aromatic nitrogens is 1. The van der Waals surface area contributed by atoms with Crippen LogP contribution in [-0.4, -0.2) is 38.4 Å². The van der Waals surface area contributed by atoms with Crippen LogP contribution in [0.3, 0.4) is 0 Å². The van der Waals surface area contributed by atoms with Gasteiger partial charge in [0.15, 0.2) is 0 Å². The average Bonchev–Trinajstić information content (AvgIpc) is 3.18. The van der Waals surface area contributed by atoms with Gasteiger partial charge in [-0.05, 0) is 69.5 Å². The zero-order valence-electron chi connectivity index (χ0n) is 15.4. The Morgan fingerprint density at radius 3 is 2.70 bits per heavy atom. The maximum Gasteiger partial charge on any atom is 0.267 e. The lowest BCUT2D eigenvalue weighted by Crippen LogP contribution is -2.42. The largest absolute Gasteiger partial charge is 0.321 e. The SMILES string of the molecule is Cc1cc(S(=O)(=O)NC(C)C2CCNCC2)ccc1NC(=O)c1cncs1. The van der Waals surface area contributed by atoms with Gasteiger partial charge < -0.3 is 10.6 Å². The second kappa shape index (κ2) is 8.47. The fraction of sp³-hybridized carbons (Fsp3) is 0.444. The molecule has 1 saturated heterocycles. The summed E-state index contributed by atoms with van der Waals surface area (Å²) in [5.74, 6) is 0.0777. The molecule has 1 aromatic carbocycles. The summed E-state index contributed by atoms with van der Waals surface area (Å²) in [6.07, 6.45) is 3.43. The molecule has 27 heavy (non-hydrogen) atoms. The molecule has 0 bridgehead atoms. The van der Waals surface area contributed by atoms with Crippen LogP contribution in [0.15, 0.2) is 34.8 Å². The van der Waals surface area contributed by atoms with E-state index in [-0.39, 0.29) is 16.8 Å². The number of anilines is 1. The van der Waals surface area contributed by atoms with Crippen LogP contribution in [0.5, 0.6) is 0 Å². The Morgan fingerprint density at radius 2 is 2.07 bits per heavy atom. The fourth-order valence-corrected chi connectivity index (χ4v) is 5.12. The minimum Gasteiger partial charge on any atom is -0.321 e. The van der Waals surface area contributed by atoms with Gasteiger partial charge in [0.25, 0.3) is 5.91 Å². The molecule has 0 aliphatic carbocycles. The van der Waals surface area contributed by atoms with E-state index in [0.29, 0.717) is 22.0 Å². The number of hydrogen-bond donors (Lipinski definition) is 3. The van der Waals surface area contributed by atoms with Gasteiger partial charge in [-0.3, -0.25) is 9.78 Å². The second-order valence-electron chi connectivity index (χ2n) is 6.79. The Morgan fingerprint density at radius 1 is 1.33 bits per heavy atom. The first kappa shape index (κ1) is 19.9. The van der Waals surface area contributed by atoms with Gasteiger partial charge in [-0.25, -0.2) is 13.1 Å². The highest BCUT2D eigenvalue weighted by Gasteiger charge is 2.25. The summed E-state index contributed by atoms with van der Waals surface area (Å²) < 4.78 is 28.3. The summed E-state index contributed by atoms with van der Waals surface area (Å²) in [5.41, 5.74) is 2.86. The molecule has 1 aromatic heterocycles. The summed E-state index contributed by atoms with van der Waals surface area (Å²) >= 11 is 1.25. The third-order valence-electron chi connectivity index (χ3n) is 4.84. The van der Waals surface area contributed by atoms with Crippen molar-refractivity contribution in [3.63, 3.8) is 0 Å². The Bertz CT molecular complexity index is 891. The van der Waals surface area contributed by atoms with E-state index in [1.165, 1.54) is 23.6 Å². The number of hydrogen-bond acceptors (Lipinski definition) is 6. The lowest BCUT2D eigenvalue weighted by atomic mass is 9.92. The third kappa shape index (κ3) is 4.92. The van der Waals surface area contributed by atoms with Crippen molar-refractivity contribution in [1.29, 1.82) is 0 Å². The standard InChI is InChI=1S/C18H24N4O3S2/c1-12-9-15(3-4-16(12)21-18(23)17-10-20-11-26-17)27(24,25)22-13(2)14-5-7-19-8-6-14/h3-4,9-11,13-14,19,22H,5-8H2,1-2H3,(H,21,23). The monoisotopic (exact) mass is 408 g/mol. The Kier molecular flexibility index (Phi) is 6.25. The highest BCUT2D eigenvalue weighted by Crippen LogP contribution is 2.23. The van der Waals surface area contributed by atoms with Crippen molar-refractivity contribution in [1.82, 2.24) is 15.0 Å². The van der Waals surface area contributed by atoms with E-state index >= 15 is 0 Å². The minimum absolute atomic E-state index is 0.122. The first-order chi connectivity index (χ1) is 12.9. The predicted octanol–water partition coefficient (Wildman–Crippen LogP) is 2.37. The zero-order chi connectivity index (χ0) is 19.4. The molecule has 0 spiro atoms. The highest BCUT2D eigenvalue weighted by molar-refractivity contribution is 7.89. The van der Waals surface area contributed by atoms with Crippen molar-refractivity contribution in [3.05, 3.63) is 40.3 Å². The van der Waals surface area contributed by atoms with Crippen LogP contribution in [-0.2, 0) is 10.0 Å². The van der Waals surface area contributed by atoms with Crippen LogP contribution < -0.4 is 15.4 Å². The third-order valence-corrected chi connectivity index (χ3v) is 7.17. The lowest BCUT2D eigenvalue weighted by molar-refractivity contribution is 0.103. The first-order valence-corrected chi connectivity index (χ1v) is 11.3. The number of aryl methyl sites for hydroxylation is 1. The van der Waals surface area contributed by atoms with Crippen molar-refractivity contribution < 1.29 is 13.2 Å². The number of carbonyl (C=O) groups is 1. The van der Waals surface area contributed by atoms with Gasteiger partial charge >= 0.3 is 0 Å². The van der Waals surface area contributed by atoms with E-state index in [0.717, 1.165) is 25.9 Å². The number of nitrogens with zero attached hydrogens (tertiary/aromatic N) is 1. The second-order valence-corrected chi connectivity index (χ2v) is 9.39. The minimum atomic E-state index is -3.61. The Hall–Kier alpha value is -1.81. The molecule has 1 aliphatic heterocycles. The molecule has 0 radical (unpaired) electrons. The van der Waals surface area contributed by atoms with E-state index in [1.807, 2.05) is 6.92 Å². The van der Waals surface area contributed by atoms with Gasteiger partial charge in [0.1, 0.15) is 4.88 Å². The molecule has 3 rings (SSSR count). The number of piperidine rings is 1. The Balaban J connectivity index is 1.70. The van der Waals surface area contributed by atoms with Crippen LogP contribution in [0.25, 0.3) is 0 Å². The molecule has 9 heteroatoms. The molecule has 1 aliphatic rings. The normalized spacial score (nSPS) is 16.8. The molecule has 0 saturated carbocycles. The number of amides is 1. The molecule has 146 valence electrons. The fourth-order valence-electron chi connectivity index (χ4n) is 3.21. The molecular formula is C18H24N4O3S2. The summed E-state index contributed by atoms with van der Waals surface area (Å²) in [4.78, 5) is 16.7. The van der Waals surface area contributed by atoms with Crippen LogP contribution >= 0.6 is 11.3 Å². The maximum atomic E-state index is 12.7. The van der Waals surface area contributed by atoms with Crippen LogP contribution in [0.4, 0.5) is 5.69 Å². The molecule has 7 nitrogen and oxygen atoms in total. The molecule has 1 atom stereocenters. The van der Waals surface area contributed by atoms with Gasteiger partial charge in [0, 0.05) is 11.7 Å². The number of thiazole rings is 1. The van der Waals surface area contributed by atoms with Crippen molar-refractivity contribution in [2.75, 3.05) is 18.4 Å². The molecule has 1 fully saturated rings. The molecule has 1 unspecified atom stereocenters. The number of benzene rings is 1. The summed E-state index contributed by atoms with van der Waals surface area (Å²) in [7, 11) is -3.61. The molecule has 3 N–H and O–H groups in total. The number of nitrogens with one attached hydrogen (secondary N) is 3. The van der Waals surface area contributed by atoms with Crippen molar-refractivity contribution >= 4 is 33.0 Å². The number of carbonyl (C=O) groups excluding carboxylic acids is 1. The van der Waals surface area contributed by atoms with E-state index in [4.69, 9.17) is 0 Å². The maximum absolute atomic E-state index is 12.7. The van der Waals surface area contributed by atoms with Gasteiger partial charge in [0.2, 0.25) is 10.0 Å². The quantitative estimate of drug-likeness (QED) is 0.681. The van der Waals surface area contributed by atoms with Gasteiger partial charge in [-0.2, -0.15) is 0 Å². The van der Waals surface area contributed by atoms with E-state index in [1.54, 1.807) is 24.6 Å². The molecule has 2 heterocycles. The molecular weight excluding hydrogens is 384 g/mol. The summed E-state index contributed by atoms with van der Waals surface area (Å²) in [6.45, 7) is 5.54. The molecule has 1 amide bonds. The zero-order valence-corrected chi connectivity index (χ0v) is 17.0. The summed E-state index contributed by atoms with van der Waals surface area (Å²) in [5, 5.41) is 6.08. The van der Waals surface area contributed by atoms with Gasteiger partial charge in [-0.1, -0.05) is 0 Å². The van der Waals surface area contributed by atoms with Gasteiger partial charge in [0.05, 0.1) is 16.6 Å². The van der Waals surface area contributed by atoms with E-state index in [9.17, 15) is 13.2 Å². The van der Waals surface area contributed by atoms with E-state index < -0.39 is 10.0 Å². The van der Waals surface area contributed by atoms with Crippen LogP contribution in [0.2, 0.25) is 0 Å². The topological polar surface area (TPSA) is 100 Å². The number of rotatable bonds is 6. The Labute approximate surface area is 163 Å². The van der Waals surface area contributed by atoms with Gasteiger partial charge in [-0.15, -0.1) is 11.3 Å². The van der Waals surface area contributed by atoms with Crippen molar-refractivity contribution in [2.45, 2.75) is 37.6 Å². The smallest absolute Gasteiger partial charge is 0.267 e. The summed E-state index contributed by atoms with van der Waals surface area (Å²) in [6, 6.07) is 4.60. The predicted molar refractivity (Wildman–Crippen MR) is 107 cm³/mol. The van der Waals surface area contributed by atoms with E-state index in [2.05, 4.69) is 20.3 Å². The number of sulfonamides is 1. The van der Waals surface area contributed by atoms with Crippen LogP contribution in [0.1, 0.15) is 35.0 Å². The lowest BCUT2D eigenvalue weighted by Gasteiger charge is -2.28. The highest BCUT2D eigenvalue weighted by atomic mass is 32.2. The first-order valence-electron chi connectivity index (χ1n) is 8.90. The van der Waals surface area contributed by atoms with Crippen LogP contribution in [0, 0.1) is 12.8 Å². The van der Waals surface area contributed by atoms with Crippen molar-refractivity contribution in [2.24, 2.45) is 5.92 Å². The average molecular weight is 409 g/mol.